The Morgan fingerprint density at radius 3 is 2.55 bits per heavy atom. The molecule has 2 aromatic heterocycles. The van der Waals surface area contributed by atoms with Crippen molar-refractivity contribution in [3.8, 4) is 11.1 Å². The van der Waals surface area contributed by atoms with Crippen LogP contribution >= 0.6 is 0 Å². The number of benzene rings is 2. The van der Waals surface area contributed by atoms with E-state index in [9.17, 15) is 4.79 Å². The van der Waals surface area contributed by atoms with E-state index in [1.54, 1.807) is 4.52 Å². The number of amides is 2. The molecule has 0 aliphatic heterocycles. The van der Waals surface area contributed by atoms with Gasteiger partial charge in [0.1, 0.15) is 11.8 Å². The number of aryl methyl sites for hydroxylation is 1. The molecule has 4 N–H and O–H groups in total. The van der Waals surface area contributed by atoms with Crippen LogP contribution in [0.5, 0.6) is 0 Å². The molecular weight excluding hydrogens is 388 g/mol. The lowest BCUT2D eigenvalue weighted by Gasteiger charge is -2.11. The van der Waals surface area contributed by atoms with Gasteiger partial charge in [0.25, 0.3) is 0 Å². The van der Waals surface area contributed by atoms with Crippen LogP contribution in [0.15, 0.2) is 61.1 Å². The second-order valence-corrected chi connectivity index (χ2v) is 7.76. The predicted octanol–water partition coefficient (Wildman–Crippen LogP) is 5.31. The fraction of sp³-hybridized carbons (Fsp3) is 0.208. The van der Waals surface area contributed by atoms with E-state index in [1.165, 1.54) is 11.9 Å². The van der Waals surface area contributed by atoms with E-state index in [0.29, 0.717) is 17.4 Å². The predicted molar refractivity (Wildman–Crippen MR) is 125 cm³/mol. The number of nitrogens with two attached hydrogens (primary N) is 1. The van der Waals surface area contributed by atoms with Crippen LogP contribution in [0.2, 0.25) is 0 Å². The van der Waals surface area contributed by atoms with Crippen LogP contribution in [0.25, 0.3) is 16.6 Å². The van der Waals surface area contributed by atoms with Gasteiger partial charge in [-0.25, -0.2) is 14.3 Å². The largest absolute Gasteiger partial charge is 0.382 e. The zero-order valence-electron chi connectivity index (χ0n) is 17.9. The van der Waals surface area contributed by atoms with Gasteiger partial charge >= 0.3 is 6.03 Å². The standard InChI is InChI=1S/C24H26N6O/c1-4-16-13-30-22(23(25)26-14-27-30)21(16)17-8-10-19(11-9-17)28-24(31)29-20-7-5-6-18(12-20)15(2)3/h5-15H,4H2,1-3H3,(H2,25,26,27)(H2,28,29,31). The molecule has 158 valence electrons. The molecule has 0 atom stereocenters. The lowest BCUT2D eigenvalue weighted by atomic mass is 10.0. The Bertz CT molecular complexity index is 1230. The van der Waals surface area contributed by atoms with Gasteiger partial charge in [0.2, 0.25) is 0 Å². The van der Waals surface area contributed by atoms with Crippen LogP contribution in [0.1, 0.15) is 37.8 Å². The molecule has 2 heterocycles. The van der Waals surface area contributed by atoms with Gasteiger partial charge in [-0.05, 0) is 53.3 Å². The van der Waals surface area contributed by atoms with Gasteiger partial charge < -0.3 is 16.4 Å². The second-order valence-electron chi connectivity index (χ2n) is 7.76. The molecule has 4 rings (SSSR count). The van der Waals surface area contributed by atoms with Crippen LogP contribution in [0.3, 0.4) is 0 Å². The van der Waals surface area contributed by atoms with Crippen molar-refractivity contribution in [2.45, 2.75) is 33.1 Å². The Morgan fingerprint density at radius 1 is 1.10 bits per heavy atom. The Kier molecular flexibility index (Phi) is 5.58. The third kappa shape index (κ3) is 4.21. The summed E-state index contributed by atoms with van der Waals surface area (Å²) in [5, 5.41) is 10.0. The zero-order chi connectivity index (χ0) is 22.0. The third-order valence-electron chi connectivity index (χ3n) is 5.30. The van der Waals surface area contributed by atoms with Crippen molar-refractivity contribution in [1.29, 1.82) is 0 Å². The van der Waals surface area contributed by atoms with Crippen LogP contribution in [-0.4, -0.2) is 20.6 Å². The second kappa shape index (κ2) is 8.47. The average molecular weight is 415 g/mol. The minimum Gasteiger partial charge on any atom is -0.382 e. The van der Waals surface area contributed by atoms with E-state index >= 15 is 0 Å². The Morgan fingerprint density at radius 2 is 1.84 bits per heavy atom. The average Bonchev–Trinajstić information content (AvgIpc) is 3.14. The number of urea groups is 1. The number of fused-ring (bicyclic) bond motifs is 1. The SMILES string of the molecule is CCc1cn2ncnc(N)c2c1-c1ccc(NC(=O)Nc2cccc(C(C)C)c2)cc1. The van der Waals surface area contributed by atoms with Crippen molar-refractivity contribution in [3.05, 3.63) is 72.2 Å². The zero-order valence-corrected chi connectivity index (χ0v) is 17.9. The molecule has 0 aliphatic carbocycles. The monoisotopic (exact) mass is 414 g/mol. The molecule has 31 heavy (non-hydrogen) atoms. The molecule has 4 aromatic rings. The van der Waals surface area contributed by atoms with E-state index in [1.807, 2.05) is 48.7 Å². The summed E-state index contributed by atoms with van der Waals surface area (Å²) in [6, 6.07) is 15.3. The maximum atomic E-state index is 12.4. The van der Waals surface area contributed by atoms with Gasteiger partial charge in [0.05, 0.1) is 0 Å². The fourth-order valence-corrected chi connectivity index (χ4v) is 3.66. The van der Waals surface area contributed by atoms with E-state index in [4.69, 9.17) is 5.73 Å². The number of hydrogen-bond acceptors (Lipinski definition) is 4. The van der Waals surface area contributed by atoms with Gasteiger partial charge in [-0.1, -0.05) is 45.0 Å². The number of anilines is 3. The summed E-state index contributed by atoms with van der Waals surface area (Å²) >= 11 is 0. The normalized spacial score (nSPS) is 11.1. The van der Waals surface area contributed by atoms with Crippen LogP contribution in [-0.2, 0) is 6.42 Å². The third-order valence-corrected chi connectivity index (χ3v) is 5.30. The van der Waals surface area contributed by atoms with Crippen molar-refractivity contribution in [2.24, 2.45) is 0 Å². The molecule has 0 saturated heterocycles. The highest BCUT2D eigenvalue weighted by molar-refractivity contribution is 6.00. The maximum Gasteiger partial charge on any atom is 0.323 e. The number of aromatic nitrogens is 3. The summed E-state index contributed by atoms with van der Waals surface area (Å²) in [7, 11) is 0. The number of rotatable bonds is 5. The van der Waals surface area contributed by atoms with Crippen molar-refractivity contribution < 1.29 is 4.79 Å². The van der Waals surface area contributed by atoms with Crippen molar-refractivity contribution in [1.82, 2.24) is 14.6 Å². The highest BCUT2D eigenvalue weighted by Crippen LogP contribution is 2.33. The van der Waals surface area contributed by atoms with Crippen molar-refractivity contribution >= 4 is 28.7 Å². The smallest absolute Gasteiger partial charge is 0.323 e. The molecule has 0 fully saturated rings. The van der Waals surface area contributed by atoms with Gasteiger partial charge in [0.15, 0.2) is 5.82 Å². The summed E-state index contributed by atoms with van der Waals surface area (Å²) < 4.78 is 1.77. The first-order valence-electron chi connectivity index (χ1n) is 10.4. The quantitative estimate of drug-likeness (QED) is 0.412. The lowest BCUT2D eigenvalue weighted by molar-refractivity contribution is 0.262. The molecule has 0 bridgehead atoms. The van der Waals surface area contributed by atoms with Crippen molar-refractivity contribution in [3.63, 3.8) is 0 Å². The summed E-state index contributed by atoms with van der Waals surface area (Å²) in [5.41, 5.74) is 12.7. The molecule has 7 nitrogen and oxygen atoms in total. The van der Waals surface area contributed by atoms with Gasteiger partial charge in [0, 0.05) is 23.1 Å². The Labute approximate surface area is 181 Å². The maximum absolute atomic E-state index is 12.4. The van der Waals surface area contributed by atoms with E-state index in [2.05, 4.69) is 47.6 Å². The fourth-order valence-electron chi connectivity index (χ4n) is 3.66. The van der Waals surface area contributed by atoms with Crippen molar-refractivity contribution in [2.75, 3.05) is 16.4 Å². The number of nitrogen functional groups attached to an aromatic ring is 1. The lowest BCUT2D eigenvalue weighted by Crippen LogP contribution is -2.19. The summed E-state index contributed by atoms with van der Waals surface area (Å²) in [5.74, 6) is 0.838. The first kappa shape index (κ1) is 20.4. The minimum absolute atomic E-state index is 0.283. The molecule has 2 aromatic carbocycles. The Hall–Kier alpha value is -3.87. The molecule has 2 amide bonds. The summed E-state index contributed by atoms with van der Waals surface area (Å²) in [6.07, 6.45) is 4.28. The summed E-state index contributed by atoms with van der Waals surface area (Å²) in [6.45, 7) is 6.34. The van der Waals surface area contributed by atoms with Gasteiger partial charge in [-0.15, -0.1) is 0 Å². The van der Waals surface area contributed by atoms with Gasteiger partial charge in [-0.3, -0.25) is 0 Å². The molecule has 0 radical (unpaired) electrons. The summed E-state index contributed by atoms with van der Waals surface area (Å²) in [4.78, 5) is 16.6. The number of hydrogen-bond donors (Lipinski definition) is 3. The molecule has 0 aliphatic rings. The van der Waals surface area contributed by atoms with Gasteiger partial charge in [-0.2, -0.15) is 5.10 Å². The first-order valence-corrected chi connectivity index (χ1v) is 10.4. The number of carbonyl (C=O) groups is 1. The topological polar surface area (TPSA) is 97.3 Å². The first-order chi connectivity index (χ1) is 15.0. The highest BCUT2D eigenvalue weighted by Gasteiger charge is 2.15. The highest BCUT2D eigenvalue weighted by atomic mass is 16.2. The van der Waals surface area contributed by atoms with E-state index in [-0.39, 0.29) is 6.03 Å². The molecule has 0 spiro atoms. The Balaban J connectivity index is 1.54. The number of nitrogens with zero attached hydrogens (tertiary/aromatic N) is 3. The molecule has 0 unspecified atom stereocenters. The molecule has 0 saturated carbocycles. The van der Waals surface area contributed by atoms with Crippen LogP contribution in [0, 0.1) is 0 Å². The molecule has 7 heteroatoms. The van der Waals surface area contributed by atoms with Crippen LogP contribution < -0.4 is 16.4 Å². The number of nitrogens with one attached hydrogen (secondary N) is 2. The molecular formula is C24H26N6O. The minimum atomic E-state index is -0.283. The van der Waals surface area contributed by atoms with Crippen LogP contribution in [0.4, 0.5) is 22.0 Å². The number of carbonyl (C=O) groups excluding carboxylic acids is 1. The van der Waals surface area contributed by atoms with E-state index in [0.717, 1.165) is 34.3 Å². The van der Waals surface area contributed by atoms with E-state index < -0.39 is 0 Å².